The zero-order valence-corrected chi connectivity index (χ0v) is 21.5. The van der Waals surface area contributed by atoms with Crippen LogP contribution in [0.5, 0.6) is 0 Å². The van der Waals surface area contributed by atoms with Gasteiger partial charge in [0.1, 0.15) is 0 Å². The lowest BCUT2D eigenvalue weighted by Crippen LogP contribution is -2.32. The van der Waals surface area contributed by atoms with Crippen molar-refractivity contribution >= 4 is 22.7 Å². The van der Waals surface area contributed by atoms with Crippen LogP contribution in [0.2, 0.25) is 0 Å². The van der Waals surface area contributed by atoms with E-state index in [-0.39, 0.29) is 21.8 Å². The third kappa shape index (κ3) is 3.91. The quantitative estimate of drug-likeness (QED) is 0.363. The van der Waals surface area contributed by atoms with Crippen LogP contribution in [0.3, 0.4) is 0 Å². The molecule has 0 bridgehead atoms. The Morgan fingerprint density at radius 2 is 1.41 bits per heavy atom. The number of nitrogens with zero attached hydrogens (tertiary/aromatic N) is 1. The van der Waals surface area contributed by atoms with Gasteiger partial charge in [0.2, 0.25) is 5.69 Å². The molecular formula is C31H40N+. The van der Waals surface area contributed by atoms with E-state index in [9.17, 15) is 0 Å². The SMILES string of the molecule is CC(C)(C)c1ccc(C(C)(C)C)c([N+]2=CC(C)(c3cccc4ccccc34)CC2(C)C)c1. The number of benzene rings is 3. The maximum atomic E-state index is 2.59. The molecule has 4 rings (SSSR count). The molecule has 3 aromatic rings. The van der Waals surface area contributed by atoms with Crippen LogP contribution in [-0.2, 0) is 16.2 Å². The number of fused-ring (bicyclic) bond motifs is 1. The van der Waals surface area contributed by atoms with E-state index in [1.807, 2.05) is 0 Å². The summed E-state index contributed by atoms with van der Waals surface area (Å²) in [5.74, 6) is 0. The average Bonchev–Trinajstić information content (AvgIpc) is 2.95. The highest BCUT2D eigenvalue weighted by atomic mass is 15.1. The van der Waals surface area contributed by atoms with Crippen LogP contribution >= 0.6 is 0 Å². The molecule has 3 aromatic carbocycles. The Hall–Kier alpha value is -2.41. The Labute approximate surface area is 195 Å². The van der Waals surface area contributed by atoms with Gasteiger partial charge in [-0.2, -0.15) is 4.58 Å². The second-order valence-electron chi connectivity index (χ2n) is 12.7. The summed E-state index contributed by atoms with van der Waals surface area (Å²) in [6.45, 7) is 21.1. The topological polar surface area (TPSA) is 3.01 Å². The molecule has 1 nitrogen and oxygen atoms in total. The van der Waals surface area contributed by atoms with E-state index in [0.29, 0.717) is 0 Å². The molecule has 1 heterocycles. The first kappa shape index (κ1) is 22.8. The summed E-state index contributed by atoms with van der Waals surface area (Å²) in [6, 6.07) is 22.7. The Balaban J connectivity index is 1.96. The lowest BCUT2D eigenvalue weighted by Gasteiger charge is -2.27. The molecule has 1 atom stereocenters. The molecule has 0 aromatic heterocycles. The van der Waals surface area contributed by atoms with Gasteiger partial charge in [-0.1, -0.05) is 96.1 Å². The van der Waals surface area contributed by atoms with Crippen molar-refractivity contribution in [2.45, 2.75) is 90.5 Å². The monoisotopic (exact) mass is 426 g/mol. The van der Waals surface area contributed by atoms with Crippen LogP contribution in [0.25, 0.3) is 10.8 Å². The van der Waals surface area contributed by atoms with Crippen molar-refractivity contribution in [2.75, 3.05) is 0 Å². The molecule has 1 heteroatoms. The zero-order valence-electron chi connectivity index (χ0n) is 21.5. The van der Waals surface area contributed by atoms with Crippen LogP contribution in [0.4, 0.5) is 5.69 Å². The first-order valence-corrected chi connectivity index (χ1v) is 12.0. The van der Waals surface area contributed by atoms with E-state index < -0.39 is 0 Å². The molecule has 1 aliphatic rings. The summed E-state index contributed by atoms with van der Waals surface area (Å²) in [4.78, 5) is 0. The van der Waals surface area contributed by atoms with Gasteiger partial charge in [0.05, 0.1) is 5.41 Å². The first-order chi connectivity index (χ1) is 14.7. The minimum absolute atomic E-state index is 0.0161. The second kappa shape index (κ2) is 7.30. The number of hydrogen-bond donors (Lipinski definition) is 0. The molecule has 0 spiro atoms. The fourth-order valence-corrected chi connectivity index (χ4v) is 5.60. The second-order valence-corrected chi connectivity index (χ2v) is 12.7. The summed E-state index contributed by atoms with van der Waals surface area (Å²) in [5, 5.41) is 2.69. The fourth-order valence-electron chi connectivity index (χ4n) is 5.60. The highest BCUT2D eigenvalue weighted by Gasteiger charge is 2.50. The molecule has 0 aliphatic carbocycles. The van der Waals surface area contributed by atoms with Crippen molar-refractivity contribution in [2.24, 2.45) is 0 Å². The summed E-state index contributed by atoms with van der Waals surface area (Å²) in [6.07, 6.45) is 3.60. The predicted octanol–water partition coefficient (Wildman–Crippen LogP) is 8.29. The van der Waals surface area contributed by atoms with E-state index in [2.05, 4.69) is 134 Å². The highest BCUT2D eigenvalue weighted by molar-refractivity contribution is 5.90. The van der Waals surface area contributed by atoms with Gasteiger partial charge >= 0.3 is 0 Å². The zero-order chi connectivity index (χ0) is 23.5. The number of hydrogen-bond acceptors (Lipinski definition) is 0. The van der Waals surface area contributed by atoms with Crippen molar-refractivity contribution in [3.8, 4) is 0 Å². The molecule has 0 saturated carbocycles. The van der Waals surface area contributed by atoms with E-state index in [4.69, 9.17) is 0 Å². The maximum absolute atomic E-state index is 2.59. The van der Waals surface area contributed by atoms with E-state index >= 15 is 0 Å². The molecular weight excluding hydrogens is 386 g/mol. The normalized spacial score (nSPS) is 21.1. The van der Waals surface area contributed by atoms with Crippen LogP contribution < -0.4 is 0 Å². The Kier molecular flexibility index (Phi) is 5.20. The van der Waals surface area contributed by atoms with Crippen LogP contribution in [0, 0.1) is 0 Å². The standard InChI is InChI=1S/C31H40N/c1-28(2,3)23-17-18-26(29(4,5)6)27(19-23)32-21-31(9,20-30(32,7)8)25-16-12-14-22-13-10-11-15-24(22)25/h10-19,21H,20H2,1-9H3/q+1. The molecule has 0 saturated heterocycles. The van der Waals surface area contributed by atoms with Crippen molar-refractivity contribution in [3.63, 3.8) is 0 Å². The largest absolute Gasteiger partial charge is 0.209 e. The van der Waals surface area contributed by atoms with Gasteiger partial charge in [-0.25, -0.2) is 0 Å². The van der Waals surface area contributed by atoms with E-state index in [1.165, 1.54) is 33.2 Å². The van der Waals surface area contributed by atoms with Gasteiger partial charge < -0.3 is 0 Å². The van der Waals surface area contributed by atoms with Gasteiger partial charge in [-0.3, -0.25) is 0 Å². The first-order valence-electron chi connectivity index (χ1n) is 12.0. The van der Waals surface area contributed by atoms with Gasteiger partial charge in [0, 0.05) is 31.9 Å². The minimum Gasteiger partial charge on any atom is -0.197 e. The van der Waals surface area contributed by atoms with E-state index in [0.717, 1.165) is 6.42 Å². The van der Waals surface area contributed by atoms with Gasteiger partial charge in [0.15, 0.2) is 11.8 Å². The van der Waals surface area contributed by atoms with Gasteiger partial charge in [-0.15, -0.1) is 0 Å². The fraction of sp³-hybridized carbons (Fsp3) is 0.452. The van der Waals surface area contributed by atoms with Gasteiger partial charge in [-0.05, 0) is 39.7 Å². The summed E-state index contributed by atoms with van der Waals surface area (Å²) >= 11 is 0. The van der Waals surface area contributed by atoms with Crippen molar-refractivity contribution in [1.82, 2.24) is 0 Å². The molecule has 0 radical (unpaired) electrons. The average molecular weight is 427 g/mol. The van der Waals surface area contributed by atoms with Crippen LogP contribution in [0.1, 0.15) is 85.4 Å². The van der Waals surface area contributed by atoms with Gasteiger partial charge in [0.25, 0.3) is 0 Å². The molecule has 0 fully saturated rings. The Morgan fingerprint density at radius 3 is 2.06 bits per heavy atom. The highest BCUT2D eigenvalue weighted by Crippen LogP contribution is 2.46. The minimum atomic E-state index is -0.0305. The summed E-state index contributed by atoms with van der Waals surface area (Å²) in [7, 11) is 0. The molecule has 0 N–H and O–H groups in total. The molecule has 1 unspecified atom stereocenters. The smallest absolute Gasteiger partial charge is 0.197 e. The van der Waals surface area contributed by atoms with Crippen molar-refractivity contribution < 1.29 is 4.58 Å². The lowest BCUT2D eigenvalue weighted by atomic mass is 9.75. The molecule has 1 aliphatic heterocycles. The third-order valence-corrected chi connectivity index (χ3v) is 7.20. The van der Waals surface area contributed by atoms with Crippen LogP contribution in [0.15, 0.2) is 60.7 Å². The summed E-state index contributed by atoms with van der Waals surface area (Å²) < 4.78 is 2.59. The lowest BCUT2D eigenvalue weighted by molar-refractivity contribution is -0.512. The third-order valence-electron chi connectivity index (χ3n) is 7.20. The molecule has 168 valence electrons. The van der Waals surface area contributed by atoms with Crippen molar-refractivity contribution in [3.05, 3.63) is 77.4 Å². The van der Waals surface area contributed by atoms with E-state index in [1.54, 1.807) is 0 Å². The summed E-state index contributed by atoms with van der Waals surface area (Å²) in [5.41, 5.74) is 5.77. The Bertz CT molecular complexity index is 1190. The molecule has 32 heavy (non-hydrogen) atoms. The van der Waals surface area contributed by atoms with Crippen LogP contribution in [-0.4, -0.2) is 16.3 Å². The van der Waals surface area contributed by atoms with Crippen molar-refractivity contribution in [1.29, 1.82) is 0 Å². The Morgan fingerprint density at radius 1 is 0.750 bits per heavy atom. The molecule has 0 amide bonds. The predicted molar refractivity (Wildman–Crippen MR) is 140 cm³/mol. The maximum Gasteiger partial charge on any atom is 0.209 e. The number of rotatable bonds is 2.